The van der Waals surface area contributed by atoms with Gasteiger partial charge in [0.05, 0.1) is 0 Å². The molecule has 1 aromatic carbocycles. The minimum Gasteiger partial charge on any atom is -0.375 e. The number of benzene rings is 1. The zero-order valence-corrected chi connectivity index (χ0v) is 12.1. The largest absolute Gasteiger partial charge is 0.375 e. The summed E-state index contributed by atoms with van der Waals surface area (Å²) in [4.78, 5) is 2.26. The van der Waals surface area contributed by atoms with Gasteiger partial charge in [-0.25, -0.2) is 0 Å². The van der Waals surface area contributed by atoms with Crippen LogP contribution in [0.5, 0.6) is 0 Å². The highest BCUT2D eigenvalue weighted by molar-refractivity contribution is 5.50. The highest BCUT2D eigenvalue weighted by Gasteiger charge is 2.09. The molecule has 0 radical (unpaired) electrons. The number of hydrogen-bond donors (Lipinski definition) is 1. The number of anilines is 1. The summed E-state index contributed by atoms with van der Waals surface area (Å²) in [5.74, 6) is 0. The van der Waals surface area contributed by atoms with E-state index in [2.05, 4.69) is 70.1 Å². The van der Waals surface area contributed by atoms with E-state index in [9.17, 15) is 0 Å². The van der Waals surface area contributed by atoms with Gasteiger partial charge in [-0.2, -0.15) is 0 Å². The minimum atomic E-state index is 0.172. The van der Waals surface area contributed by atoms with Crippen LogP contribution >= 0.6 is 0 Å². The molecule has 0 amide bonds. The summed E-state index contributed by atoms with van der Waals surface area (Å²) < 4.78 is 0. The van der Waals surface area contributed by atoms with Crippen molar-refractivity contribution in [3.05, 3.63) is 29.3 Å². The Balaban J connectivity index is 2.76. The van der Waals surface area contributed by atoms with Gasteiger partial charge in [0.25, 0.3) is 0 Å². The second kappa shape index (κ2) is 5.54. The highest BCUT2D eigenvalue weighted by atomic mass is 15.1. The van der Waals surface area contributed by atoms with Crippen molar-refractivity contribution in [3.63, 3.8) is 0 Å². The predicted molar refractivity (Wildman–Crippen MR) is 76.7 cm³/mol. The zero-order valence-electron chi connectivity index (χ0n) is 12.1. The Hall–Kier alpha value is -1.02. The molecule has 0 atom stereocenters. The van der Waals surface area contributed by atoms with Crippen LogP contribution in [-0.2, 0) is 6.54 Å². The van der Waals surface area contributed by atoms with Crippen LogP contribution in [0.1, 0.15) is 38.8 Å². The molecule has 0 aromatic heterocycles. The lowest BCUT2D eigenvalue weighted by Crippen LogP contribution is -2.35. The molecule has 1 aromatic rings. The number of hydrogen-bond acceptors (Lipinski definition) is 2. The number of aryl methyl sites for hydroxylation is 1. The first-order valence-corrected chi connectivity index (χ1v) is 6.39. The molecule has 0 spiro atoms. The van der Waals surface area contributed by atoms with E-state index in [-0.39, 0.29) is 5.54 Å². The molecular weight excluding hydrogens is 208 g/mol. The Morgan fingerprint density at radius 1 is 1.24 bits per heavy atom. The summed E-state index contributed by atoms with van der Waals surface area (Å²) in [6.45, 7) is 12.9. The molecule has 1 N–H and O–H groups in total. The zero-order chi connectivity index (χ0) is 13.1. The van der Waals surface area contributed by atoms with Gasteiger partial charge in [-0.05, 0) is 57.9 Å². The van der Waals surface area contributed by atoms with E-state index in [1.165, 1.54) is 16.8 Å². The van der Waals surface area contributed by atoms with Crippen molar-refractivity contribution >= 4 is 5.69 Å². The van der Waals surface area contributed by atoms with Gasteiger partial charge in [0.15, 0.2) is 0 Å². The summed E-state index contributed by atoms with van der Waals surface area (Å²) in [7, 11) is 2.13. The molecule has 0 fully saturated rings. The van der Waals surface area contributed by atoms with Crippen LogP contribution in [0, 0.1) is 6.92 Å². The van der Waals surface area contributed by atoms with Gasteiger partial charge in [0, 0.05) is 31.4 Å². The van der Waals surface area contributed by atoms with E-state index in [0.717, 1.165) is 13.1 Å². The molecule has 0 saturated carbocycles. The van der Waals surface area contributed by atoms with Gasteiger partial charge in [-0.15, -0.1) is 0 Å². The van der Waals surface area contributed by atoms with E-state index in [1.54, 1.807) is 0 Å². The first-order chi connectivity index (χ1) is 7.83. The second-order valence-electron chi connectivity index (χ2n) is 5.73. The molecule has 0 aliphatic carbocycles. The van der Waals surface area contributed by atoms with E-state index < -0.39 is 0 Å². The Kier molecular flexibility index (Phi) is 4.58. The van der Waals surface area contributed by atoms with Gasteiger partial charge in [-0.1, -0.05) is 6.07 Å². The second-order valence-corrected chi connectivity index (χ2v) is 5.73. The van der Waals surface area contributed by atoms with Gasteiger partial charge in [0.2, 0.25) is 0 Å². The molecular formula is C15H26N2. The lowest BCUT2D eigenvalue weighted by molar-refractivity contribution is 0.424. The van der Waals surface area contributed by atoms with E-state index in [1.807, 2.05) is 0 Å². The third-order valence-corrected chi connectivity index (χ3v) is 3.05. The third-order valence-electron chi connectivity index (χ3n) is 3.05. The monoisotopic (exact) mass is 234 g/mol. The Bertz CT molecular complexity index is 364. The summed E-state index contributed by atoms with van der Waals surface area (Å²) in [5, 5.41) is 3.53. The Labute approximate surface area is 106 Å². The number of rotatable bonds is 4. The van der Waals surface area contributed by atoms with Gasteiger partial charge in [-0.3, -0.25) is 0 Å². The summed E-state index contributed by atoms with van der Waals surface area (Å²) in [6, 6.07) is 6.70. The molecule has 0 bridgehead atoms. The predicted octanol–water partition coefficient (Wildman–Crippen LogP) is 3.34. The average molecular weight is 234 g/mol. The van der Waals surface area contributed by atoms with E-state index in [4.69, 9.17) is 0 Å². The maximum atomic E-state index is 3.53. The molecule has 0 heterocycles. The van der Waals surface area contributed by atoms with Crippen LogP contribution in [0.2, 0.25) is 0 Å². The molecule has 0 aliphatic heterocycles. The standard InChI is InChI=1S/C15H26N2/c1-7-17(6)14-9-8-13(12(2)10-14)11-16-15(3,4)5/h8-10,16H,7,11H2,1-6H3. The lowest BCUT2D eigenvalue weighted by atomic mass is 10.0. The van der Waals surface area contributed by atoms with Crippen molar-refractivity contribution in [2.75, 3.05) is 18.5 Å². The van der Waals surface area contributed by atoms with E-state index in [0.29, 0.717) is 0 Å². The van der Waals surface area contributed by atoms with Crippen molar-refractivity contribution in [1.82, 2.24) is 5.32 Å². The first-order valence-electron chi connectivity index (χ1n) is 6.39. The average Bonchev–Trinajstić information content (AvgIpc) is 2.25. The molecule has 0 unspecified atom stereocenters. The molecule has 2 heteroatoms. The number of nitrogens with one attached hydrogen (secondary N) is 1. The fourth-order valence-corrected chi connectivity index (χ4v) is 1.66. The normalized spacial score (nSPS) is 11.6. The Morgan fingerprint density at radius 3 is 2.35 bits per heavy atom. The molecule has 0 saturated heterocycles. The van der Waals surface area contributed by atoms with Gasteiger partial charge < -0.3 is 10.2 Å². The number of nitrogens with zero attached hydrogens (tertiary/aromatic N) is 1. The summed E-state index contributed by atoms with van der Waals surface area (Å²) in [6.07, 6.45) is 0. The molecule has 17 heavy (non-hydrogen) atoms. The maximum absolute atomic E-state index is 3.53. The highest BCUT2D eigenvalue weighted by Crippen LogP contribution is 2.18. The van der Waals surface area contributed by atoms with Crippen molar-refractivity contribution in [2.24, 2.45) is 0 Å². The van der Waals surface area contributed by atoms with Crippen molar-refractivity contribution in [3.8, 4) is 0 Å². The van der Waals surface area contributed by atoms with Crippen molar-refractivity contribution in [2.45, 2.75) is 46.7 Å². The van der Waals surface area contributed by atoms with Crippen LogP contribution in [0.25, 0.3) is 0 Å². The van der Waals surface area contributed by atoms with Gasteiger partial charge in [0.1, 0.15) is 0 Å². The van der Waals surface area contributed by atoms with E-state index >= 15 is 0 Å². The fraction of sp³-hybridized carbons (Fsp3) is 0.600. The van der Waals surface area contributed by atoms with Crippen LogP contribution in [0.3, 0.4) is 0 Å². The van der Waals surface area contributed by atoms with Crippen LogP contribution in [0.15, 0.2) is 18.2 Å². The molecule has 96 valence electrons. The molecule has 2 nitrogen and oxygen atoms in total. The van der Waals surface area contributed by atoms with Crippen LogP contribution in [-0.4, -0.2) is 19.1 Å². The maximum Gasteiger partial charge on any atom is 0.0366 e. The summed E-state index contributed by atoms with van der Waals surface area (Å²) >= 11 is 0. The van der Waals surface area contributed by atoms with Crippen LogP contribution in [0.4, 0.5) is 5.69 Å². The van der Waals surface area contributed by atoms with Crippen molar-refractivity contribution < 1.29 is 0 Å². The first kappa shape index (κ1) is 14.0. The van der Waals surface area contributed by atoms with Crippen molar-refractivity contribution in [1.29, 1.82) is 0 Å². The smallest absolute Gasteiger partial charge is 0.0366 e. The summed E-state index contributed by atoms with van der Waals surface area (Å²) in [5.41, 5.74) is 4.21. The molecule has 0 aliphatic rings. The minimum absolute atomic E-state index is 0.172. The molecule has 1 rings (SSSR count). The third kappa shape index (κ3) is 4.39. The van der Waals surface area contributed by atoms with Crippen LogP contribution < -0.4 is 10.2 Å². The quantitative estimate of drug-likeness (QED) is 0.859. The fourth-order valence-electron chi connectivity index (χ4n) is 1.66. The van der Waals surface area contributed by atoms with Gasteiger partial charge >= 0.3 is 0 Å². The topological polar surface area (TPSA) is 15.3 Å². The SMILES string of the molecule is CCN(C)c1ccc(CNC(C)(C)C)c(C)c1. The Morgan fingerprint density at radius 2 is 1.88 bits per heavy atom. The lowest BCUT2D eigenvalue weighted by Gasteiger charge is -2.22.